The summed E-state index contributed by atoms with van der Waals surface area (Å²) < 4.78 is 5.71. The zero-order chi connectivity index (χ0) is 18.3. The molecule has 0 aromatic carbocycles. The number of hydrogen-bond acceptors (Lipinski definition) is 4. The van der Waals surface area contributed by atoms with E-state index in [0.717, 1.165) is 18.3 Å². The lowest BCUT2D eigenvalue weighted by Crippen LogP contribution is -2.54. The first-order valence-electron chi connectivity index (χ1n) is 11.2. The smallest absolute Gasteiger partial charge is 0.309 e. The fourth-order valence-corrected chi connectivity index (χ4v) is 7.02. The molecule has 1 N–H and O–H groups in total. The molecule has 0 bridgehead atoms. The molecule has 2 aliphatic heterocycles. The highest BCUT2D eigenvalue weighted by Crippen LogP contribution is 2.54. The van der Waals surface area contributed by atoms with Crippen LogP contribution in [0.3, 0.4) is 0 Å². The second kappa shape index (κ2) is 7.79. The van der Waals surface area contributed by atoms with E-state index < -0.39 is 0 Å². The Kier molecular flexibility index (Phi) is 5.61. The van der Waals surface area contributed by atoms with Gasteiger partial charge in [0.05, 0.1) is 5.92 Å². The van der Waals surface area contributed by atoms with Crippen molar-refractivity contribution in [2.24, 2.45) is 29.6 Å². The monoisotopic (exact) mass is 362 g/mol. The van der Waals surface area contributed by atoms with Gasteiger partial charge in [0, 0.05) is 31.1 Å². The summed E-state index contributed by atoms with van der Waals surface area (Å²) in [4.78, 5) is 15.0. The zero-order valence-electron chi connectivity index (χ0n) is 17.0. The van der Waals surface area contributed by atoms with Crippen LogP contribution in [-0.2, 0) is 9.53 Å². The van der Waals surface area contributed by atoms with Crippen LogP contribution in [0, 0.1) is 29.6 Å². The first kappa shape index (κ1) is 18.7. The van der Waals surface area contributed by atoms with Crippen LogP contribution in [0.5, 0.6) is 0 Å². The predicted molar refractivity (Wildman–Crippen MR) is 104 cm³/mol. The molecular weight excluding hydrogens is 324 g/mol. The number of nitrogens with one attached hydrogen (secondary N) is 1. The minimum absolute atomic E-state index is 0.112. The molecule has 148 valence electrons. The molecule has 26 heavy (non-hydrogen) atoms. The summed E-state index contributed by atoms with van der Waals surface area (Å²) in [6.07, 6.45) is 9.31. The van der Waals surface area contributed by atoms with Crippen LogP contribution in [0.15, 0.2) is 0 Å². The Morgan fingerprint density at radius 1 is 1.12 bits per heavy atom. The van der Waals surface area contributed by atoms with Crippen molar-refractivity contribution in [2.45, 2.75) is 83.9 Å². The number of nitrogens with zero attached hydrogens (tertiary/aromatic N) is 1. The summed E-state index contributed by atoms with van der Waals surface area (Å²) in [7, 11) is 0. The molecule has 2 aliphatic carbocycles. The van der Waals surface area contributed by atoms with Crippen LogP contribution < -0.4 is 5.32 Å². The predicted octanol–water partition coefficient (Wildman–Crippen LogP) is 3.45. The van der Waals surface area contributed by atoms with Gasteiger partial charge in [-0.2, -0.15) is 0 Å². The van der Waals surface area contributed by atoms with Gasteiger partial charge in [0.2, 0.25) is 0 Å². The average Bonchev–Trinajstić information content (AvgIpc) is 2.87. The van der Waals surface area contributed by atoms with Crippen molar-refractivity contribution >= 4 is 5.97 Å². The molecule has 0 spiro atoms. The fourth-order valence-electron chi connectivity index (χ4n) is 7.02. The molecule has 0 amide bonds. The summed E-state index contributed by atoms with van der Waals surface area (Å²) >= 11 is 0. The van der Waals surface area contributed by atoms with Gasteiger partial charge < -0.3 is 15.0 Å². The maximum Gasteiger partial charge on any atom is 0.309 e. The molecule has 4 rings (SSSR count). The third kappa shape index (κ3) is 3.69. The molecule has 0 radical (unpaired) electrons. The Morgan fingerprint density at radius 2 is 1.85 bits per heavy atom. The molecule has 4 fully saturated rings. The lowest BCUT2D eigenvalue weighted by molar-refractivity contribution is -0.144. The Hall–Kier alpha value is -0.610. The standard InChI is InChI=1S/C22H38N2O2/c1-14-12-24(13-15(2)23-14)10-6-9-19-18-8-5-4-7-17(18)11-20-21(19)16(3)26-22(20)25/h14-21,23H,4-13H2,1-3H3/t14?,15?,16-,17+,18-,19+,20-,21+/m0/s1. The number of rotatable bonds is 4. The van der Waals surface area contributed by atoms with Crippen molar-refractivity contribution in [3.63, 3.8) is 0 Å². The minimum atomic E-state index is 0.112. The highest BCUT2D eigenvalue weighted by atomic mass is 16.6. The van der Waals surface area contributed by atoms with E-state index in [9.17, 15) is 4.79 Å². The van der Waals surface area contributed by atoms with Crippen LogP contribution in [0.4, 0.5) is 0 Å². The number of hydrogen-bond donors (Lipinski definition) is 1. The maximum atomic E-state index is 12.4. The number of carbonyl (C=O) groups is 1. The van der Waals surface area contributed by atoms with Gasteiger partial charge in [-0.1, -0.05) is 19.3 Å². The third-order valence-electron chi connectivity index (χ3n) is 7.83. The van der Waals surface area contributed by atoms with Crippen molar-refractivity contribution in [3.05, 3.63) is 0 Å². The highest BCUT2D eigenvalue weighted by Gasteiger charge is 2.54. The first-order chi connectivity index (χ1) is 12.5. The number of fused-ring (bicyclic) bond motifs is 2. The number of piperazine rings is 1. The molecule has 2 heterocycles. The van der Waals surface area contributed by atoms with E-state index in [4.69, 9.17) is 4.74 Å². The van der Waals surface area contributed by atoms with Gasteiger partial charge in [0.1, 0.15) is 6.10 Å². The van der Waals surface area contributed by atoms with Crippen molar-refractivity contribution < 1.29 is 9.53 Å². The van der Waals surface area contributed by atoms with Gasteiger partial charge in [-0.3, -0.25) is 4.79 Å². The molecular formula is C22H38N2O2. The van der Waals surface area contributed by atoms with E-state index in [1.54, 1.807) is 0 Å². The summed E-state index contributed by atoms with van der Waals surface area (Å²) in [6, 6.07) is 1.20. The summed E-state index contributed by atoms with van der Waals surface area (Å²) in [5.74, 6) is 3.14. The molecule has 4 heteroatoms. The minimum Gasteiger partial charge on any atom is -0.462 e. The second-order valence-corrected chi connectivity index (χ2v) is 9.80. The van der Waals surface area contributed by atoms with Crippen LogP contribution in [0.25, 0.3) is 0 Å². The SMILES string of the molecule is CC1CN(CCC[C@@H]2[C@H]3CCCC[C@@H]3C[C@@H]3C(=O)O[C@@H](C)[C@H]23)CC(C)N1. The Labute approximate surface area is 159 Å². The Morgan fingerprint density at radius 3 is 2.62 bits per heavy atom. The molecule has 2 saturated carbocycles. The van der Waals surface area contributed by atoms with Crippen LogP contribution in [0.2, 0.25) is 0 Å². The summed E-state index contributed by atoms with van der Waals surface area (Å²) in [5.41, 5.74) is 0. The van der Waals surface area contributed by atoms with Gasteiger partial charge >= 0.3 is 5.97 Å². The van der Waals surface area contributed by atoms with Crippen molar-refractivity contribution in [3.8, 4) is 0 Å². The van der Waals surface area contributed by atoms with Gasteiger partial charge in [-0.05, 0) is 70.8 Å². The van der Waals surface area contributed by atoms with Crippen molar-refractivity contribution in [1.82, 2.24) is 10.2 Å². The quantitative estimate of drug-likeness (QED) is 0.778. The topological polar surface area (TPSA) is 41.6 Å². The van der Waals surface area contributed by atoms with Crippen LogP contribution in [-0.4, -0.2) is 48.7 Å². The van der Waals surface area contributed by atoms with Gasteiger partial charge in [-0.15, -0.1) is 0 Å². The van der Waals surface area contributed by atoms with Gasteiger partial charge in [0.15, 0.2) is 0 Å². The van der Waals surface area contributed by atoms with E-state index in [1.807, 2.05) is 0 Å². The highest BCUT2D eigenvalue weighted by molar-refractivity contribution is 5.75. The van der Waals surface area contributed by atoms with E-state index in [1.165, 1.54) is 58.2 Å². The average molecular weight is 363 g/mol. The first-order valence-corrected chi connectivity index (χ1v) is 11.2. The number of carbonyl (C=O) groups excluding carboxylic acids is 1. The molecule has 0 aromatic heterocycles. The number of cyclic esters (lactones) is 1. The largest absolute Gasteiger partial charge is 0.462 e. The van der Waals surface area contributed by atoms with Gasteiger partial charge in [-0.25, -0.2) is 0 Å². The lowest BCUT2D eigenvalue weighted by Gasteiger charge is -2.47. The van der Waals surface area contributed by atoms with Crippen LogP contribution >= 0.6 is 0 Å². The Bertz CT molecular complexity index is 500. The summed E-state index contributed by atoms with van der Waals surface area (Å²) in [6.45, 7) is 10.3. The molecule has 2 unspecified atom stereocenters. The zero-order valence-corrected chi connectivity index (χ0v) is 17.0. The molecule has 0 aromatic rings. The molecule has 2 saturated heterocycles. The molecule has 4 aliphatic rings. The van der Waals surface area contributed by atoms with E-state index in [0.29, 0.717) is 23.9 Å². The van der Waals surface area contributed by atoms with E-state index >= 15 is 0 Å². The third-order valence-corrected chi connectivity index (χ3v) is 7.83. The molecule has 8 atom stereocenters. The number of esters is 1. The maximum absolute atomic E-state index is 12.4. The van der Waals surface area contributed by atoms with E-state index in [2.05, 4.69) is 31.0 Å². The van der Waals surface area contributed by atoms with Crippen molar-refractivity contribution in [2.75, 3.05) is 19.6 Å². The summed E-state index contributed by atoms with van der Waals surface area (Å²) in [5, 5.41) is 3.63. The fraction of sp³-hybridized carbons (Fsp3) is 0.955. The normalized spacial score (nSPS) is 46.5. The van der Waals surface area contributed by atoms with Crippen LogP contribution in [0.1, 0.15) is 65.7 Å². The second-order valence-electron chi connectivity index (χ2n) is 9.80. The number of ether oxygens (including phenoxy) is 1. The van der Waals surface area contributed by atoms with Crippen molar-refractivity contribution in [1.29, 1.82) is 0 Å². The lowest BCUT2D eigenvalue weighted by atomic mass is 9.56. The van der Waals surface area contributed by atoms with Gasteiger partial charge in [0.25, 0.3) is 0 Å². The Balaban J connectivity index is 1.40. The van der Waals surface area contributed by atoms with E-state index in [-0.39, 0.29) is 18.0 Å². The molecule has 4 nitrogen and oxygen atoms in total.